The maximum atomic E-state index is 5.60. The van der Waals surface area contributed by atoms with Crippen LogP contribution in [0.2, 0.25) is 0 Å². The second-order valence-corrected chi connectivity index (χ2v) is 14.2. The second kappa shape index (κ2) is 11.1. The maximum absolute atomic E-state index is 5.60. The Morgan fingerprint density at radius 1 is 0.315 bits per heavy atom. The van der Waals surface area contributed by atoms with Crippen molar-refractivity contribution in [3.63, 3.8) is 0 Å². The Labute approximate surface area is 310 Å². The molecule has 0 aliphatic heterocycles. The molecule has 0 radical (unpaired) electrons. The highest BCUT2D eigenvalue weighted by molar-refractivity contribution is 6.39. The molecule has 0 N–H and O–H groups in total. The molecule has 4 nitrogen and oxygen atoms in total. The number of rotatable bonds is 4. The summed E-state index contributed by atoms with van der Waals surface area (Å²) in [4.78, 5) is 11.2. The molecule has 10 aromatic carbocycles. The molecule has 12 aromatic rings. The van der Waals surface area contributed by atoms with Crippen LogP contribution in [0, 0.1) is 0 Å². The first-order chi connectivity index (χ1) is 26.8. The highest BCUT2D eigenvalue weighted by Crippen LogP contribution is 2.47. The fourth-order valence-electron chi connectivity index (χ4n) is 8.85. The third kappa shape index (κ3) is 4.08. The molecule has 0 atom stereocenters. The Morgan fingerprint density at radius 2 is 0.704 bits per heavy atom. The van der Waals surface area contributed by atoms with E-state index in [-0.39, 0.29) is 0 Å². The lowest BCUT2D eigenvalue weighted by molar-refractivity contribution is 1.11. The van der Waals surface area contributed by atoms with E-state index < -0.39 is 0 Å². The van der Waals surface area contributed by atoms with Crippen LogP contribution in [-0.2, 0) is 0 Å². The molecule has 0 spiro atoms. The van der Waals surface area contributed by atoms with Gasteiger partial charge in [-0.3, -0.25) is 9.13 Å². The van der Waals surface area contributed by atoms with Crippen molar-refractivity contribution in [1.29, 1.82) is 0 Å². The van der Waals surface area contributed by atoms with Gasteiger partial charge in [-0.25, -0.2) is 9.97 Å². The Balaban J connectivity index is 1.26. The smallest absolute Gasteiger partial charge is 0.145 e. The molecule has 0 saturated heterocycles. The lowest BCUT2D eigenvalue weighted by Gasteiger charge is -2.17. The summed E-state index contributed by atoms with van der Waals surface area (Å²) in [5.41, 5.74) is 8.51. The quantitative estimate of drug-likeness (QED) is 0.173. The van der Waals surface area contributed by atoms with E-state index in [0.717, 1.165) is 77.8 Å². The monoisotopic (exact) mass is 686 g/mol. The van der Waals surface area contributed by atoms with Crippen molar-refractivity contribution in [3.05, 3.63) is 182 Å². The van der Waals surface area contributed by atoms with Crippen LogP contribution in [0.4, 0.5) is 0 Å². The molecule has 4 heteroatoms. The molecule has 2 aromatic heterocycles. The molecule has 0 aliphatic carbocycles. The summed E-state index contributed by atoms with van der Waals surface area (Å²) in [7, 11) is 0. The Morgan fingerprint density at radius 3 is 1.15 bits per heavy atom. The fraction of sp³-hybridized carbons (Fsp3) is 0. The molecular formula is C50H30N4. The van der Waals surface area contributed by atoms with Crippen LogP contribution >= 0.6 is 0 Å². The van der Waals surface area contributed by atoms with Gasteiger partial charge in [-0.05, 0) is 57.9 Å². The molecule has 12 rings (SSSR count). The second-order valence-electron chi connectivity index (χ2n) is 14.2. The third-order valence-electron chi connectivity index (χ3n) is 11.2. The Bertz CT molecular complexity index is 3200. The topological polar surface area (TPSA) is 35.6 Å². The van der Waals surface area contributed by atoms with Gasteiger partial charge >= 0.3 is 0 Å². The van der Waals surface area contributed by atoms with Crippen LogP contribution in [0.5, 0.6) is 0 Å². The molecule has 0 fully saturated rings. The van der Waals surface area contributed by atoms with Crippen LogP contribution in [0.25, 0.3) is 110 Å². The van der Waals surface area contributed by atoms with Crippen LogP contribution in [0.3, 0.4) is 0 Å². The number of imidazole rings is 2. The average molecular weight is 687 g/mol. The molecule has 250 valence electrons. The summed E-state index contributed by atoms with van der Waals surface area (Å²) in [6.07, 6.45) is 0. The summed E-state index contributed by atoms with van der Waals surface area (Å²) < 4.78 is 4.73. The van der Waals surface area contributed by atoms with E-state index in [9.17, 15) is 0 Å². The minimum Gasteiger partial charge on any atom is -0.292 e. The highest BCUT2D eigenvalue weighted by atomic mass is 15.1. The van der Waals surface area contributed by atoms with Crippen LogP contribution in [-0.4, -0.2) is 19.1 Å². The van der Waals surface area contributed by atoms with Crippen molar-refractivity contribution in [2.45, 2.75) is 0 Å². The number of nitrogens with zero attached hydrogens (tertiary/aromatic N) is 4. The minimum atomic E-state index is 0.925. The molecule has 0 amide bonds. The Hall–Kier alpha value is -7.30. The number of benzene rings is 10. The van der Waals surface area contributed by atoms with Gasteiger partial charge in [0.05, 0.1) is 22.1 Å². The van der Waals surface area contributed by atoms with E-state index in [1.165, 1.54) is 32.3 Å². The summed E-state index contributed by atoms with van der Waals surface area (Å²) >= 11 is 0. The number of hydrogen-bond acceptors (Lipinski definition) is 2. The summed E-state index contributed by atoms with van der Waals surface area (Å²) in [6, 6.07) is 65.2. The molecule has 0 bridgehead atoms. The summed E-state index contributed by atoms with van der Waals surface area (Å²) in [5, 5.41) is 11.9. The van der Waals surface area contributed by atoms with Crippen molar-refractivity contribution in [3.8, 4) is 34.2 Å². The van der Waals surface area contributed by atoms with E-state index in [4.69, 9.17) is 9.97 Å². The van der Waals surface area contributed by atoms with Gasteiger partial charge in [0.15, 0.2) is 0 Å². The lowest BCUT2D eigenvalue weighted by atomic mass is 9.91. The predicted molar refractivity (Wildman–Crippen MR) is 225 cm³/mol. The predicted octanol–water partition coefficient (Wildman–Crippen LogP) is 12.9. The number of aromatic nitrogens is 4. The van der Waals surface area contributed by atoms with Gasteiger partial charge in [0, 0.05) is 54.8 Å². The van der Waals surface area contributed by atoms with Gasteiger partial charge in [0.1, 0.15) is 11.6 Å². The zero-order valence-electron chi connectivity index (χ0n) is 29.1. The molecule has 2 heterocycles. The highest BCUT2D eigenvalue weighted by Gasteiger charge is 2.26. The molecule has 0 saturated carbocycles. The van der Waals surface area contributed by atoms with Gasteiger partial charge < -0.3 is 0 Å². The SMILES string of the molecule is c1ccc(-n2c(-c3ccc4ccccc4c3)nc3c4cccc5c4c4c(cccc4c32)c2nc(-c3ccc4ccccc4c3)n(-c3ccccc3)c52)cc1. The zero-order chi connectivity index (χ0) is 35.3. The van der Waals surface area contributed by atoms with Crippen molar-refractivity contribution in [1.82, 2.24) is 19.1 Å². The Kier molecular flexibility index (Phi) is 6.02. The molecule has 0 unspecified atom stereocenters. The maximum Gasteiger partial charge on any atom is 0.145 e. The van der Waals surface area contributed by atoms with E-state index in [1.807, 2.05) is 0 Å². The molecule has 0 aliphatic rings. The molecular weight excluding hydrogens is 657 g/mol. The van der Waals surface area contributed by atoms with Crippen molar-refractivity contribution in [2.24, 2.45) is 0 Å². The van der Waals surface area contributed by atoms with E-state index in [1.54, 1.807) is 0 Å². The standard InChI is InChI=1S/C50H30N4/c1-3-17-37(18-4-1)53-47-41-23-11-22-40-43(41)44-39(45(47)51-49(53)35-27-25-31-13-7-9-15-33(31)29-35)21-12-24-42(44)48-46(40)52-50(54(48)38-19-5-2-6-20-38)36-28-26-32-14-8-10-16-34(32)30-36/h1-30H. The van der Waals surface area contributed by atoms with Gasteiger partial charge in [0.2, 0.25) is 0 Å². The molecule has 54 heavy (non-hydrogen) atoms. The van der Waals surface area contributed by atoms with E-state index in [2.05, 4.69) is 191 Å². The normalized spacial score (nSPS) is 12.1. The average Bonchev–Trinajstić information content (AvgIpc) is 3.85. The van der Waals surface area contributed by atoms with Gasteiger partial charge in [0.25, 0.3) is 0 Å². The van der Waals surface area contributed by atoms with Gasteiger partial charge in [-0.15, -0.1) is 0 Å². The first kappa shape index (κ1) is 29.3. The third-order valence-corrected chi connectivity index (χ3v) is 11.2. The van der Waals surface area contributed by atoms with Crippen LogP contribution < -0.4 is 0 Å². The lowest BCUT2D eigenvalue weighted by Crippen LogP contribution is -1.99. The summed E-state index contributed by atoms with van der Waals surface area (Å²) in [5.74, 6) is 1.85. The largest absolute Gasteiger partial charge is 0.292 e. The van der Waals surface area contributed by atoms with Gasteiger partial charge in [-0.2, -0.15) is 0 Å². The van der Waals surface area contributed by atoms with E-state index in [0.29, 0.717) is 0 Å². The van der Waals surface area contributed by atoms with Crippen LogP contribution in [0.15, 0.2) is 182 Å². The minimum absolute atomic E-state index is 0.925. The number of hydrogen-bond donors (Lipinski definition) is 0. The van der Waals surface area contributed by atoms with E-state index >= 15 is 0 Å². The zero-order valence-corrected chi connectivity index (χ0v) is 29.1. The first-order valence-electron chi connectivity index (χ1n) is 18.4. The van der Waals surface area contributed by atoms with Gasteiger partial charge in [-0.1, -0.05) is 146 Å². The first-order valence-corrected chi connectivity index (χ1v) is 18.4. The number of fused-ring (bicyclic) bond motifs is 8. The summed E-state index contributed by atoms with van der Waals surface area (Å²) in [6.45, 7) is 0. The van der Waals surface area contributed by atoms with Crippen LogP contribution in [0.1, 0.15) is 0 Å². The number of para-hydroxylation sites is 2. The van der Waals surface area contributed by atoms with Crippen molar-refractivity contribution in [2.75, 3.05) is 0 Å². The van der Waals surface area contributed by atoms with Crippen molar-refractivity contribution >= 4 is 75.9 Å². The fourth-order valence-corrected chi connectivity index (χ4v) is 8.85. The van der Waals surface area contributed by atoms with Crippen molar-refractivity contribution < 1.29 is 0 Å².